The van der Waals surface area contributed by atoms with Crippen LogP contribution < -0.4 is 15.2 Å². The fourth-order valence-electron chi connectivity index (χ4n) is 1.97. The second-order valence-corrected chi connectivity index (χ2v) is 4.64. The number of amides is 1. The molecule has 0 bridgehead atoms. The maximum Gasteiger partial charge on any atom is 0.255 e. The number of hydrogen-bond donors (Lipinski definition) is 1. The van der Waals surface area contributed by atoms with E-state index in [-0.39, 0.29) is 5.70 Å². The minimum Gasteiger partial charge on any atom is -0.543 e. The molecule has 0 fully saturated rings. The number of hydrogen-bond acceptors (Lipinski definition) is 4. The topological polar surface area (TPSA) is 78.5 Å². The molecule has 0 saturated heterocycles. The first-order chi connectivity index (χ1) is 11.1. The highest BCUT2D eigenvalue weighted by molar-refractivity contribution is 6.02. The minimum absolute atomic E-state index is 0.328. The van der Waals surface area contributed by atoms with Crippen LogP contribution in [0.25, 0.3) is 6.08 Å². The van der Waals surface area contributed by atoms with Gasteiger partial charge in [-0.2, -0.15) is 0 Å². The highest BCUT2D eigenvalue weighted by Gasteiger charge is 2.09. The predicted molar refractivity (Wildman–Crippen MR) is 84.5 cm³/mol. The van der Waals surface area contributed by atoms with Crippen LogP contribution in [0.4, 0.5) is 0 Å². The molecule has 5 nitrogen and oxygen atoms in total. The molecule has 1 amide bonds. The number of carbonyl (C=O) groups is 2. The SMILES string of the molecule is CCOc1ccccc1C=C(NC(=O)c1ccccc1)C(=O)[O-]. The van der Waals surface area contributed by atoms with Gasteiger partial charge < -0.3 is 20.0 Å². The zero-order chi connectivity index (χ0) is 16.7. The number of ether oxygens (including phenoxy) is 1. The van der Waals surface area contributed by atoms with Gasteiger partial charge in [-0.1, -0.05) is 36.4 Å². The summed E-state index contributed by atoms with van der Waals surface area (Å²) in [7, 11) is 0. The summed E-state index contributed by atoms with van der Waals surface area (Å²) < 4.78 is 5.44. The molecule has 2 aromatic carbocycles. The van der Waals surface area contributed by atoms with Crippen LogP contribution in [-0.2, 0) is 4.79 Å². The molecule has 0 aliphatic carbocycles. The second-order valence-electron chi connectivity index (χ2n) is 4.64. The van der Waals surface area contributed by atoms with Gasteiger partial charge in [0, 0.05) is 11.1 Å². The molecule has 118 valence electrons. The van der Waals surface area contributed by atoms with Crippen molar-refractivity contribution in [3.05, 3.63) is 71.4 Å². The molecule has 1 N–H and O–H groups in total. The van der Waals surface area contributed by atoms with E-state index in [9.17, 15) is 14.7 Å². The summed E-state index contributed by atoms with van der Waals surface area (Å²) in [6.45, 7) is 2.28. The Hall–Kier alpha value is -3.08. The Bertz CT molecular complexity index is 723. The molecule has 2 rings (SSSR count). The summed E-state index contributed by atoms with van der Waals surface area (Å²) in [6.07, 6.45) is 1.32. The third-order valence-electron chi connectivity index (χ3n) is 3.02. The minimum atomic E-state index is -1.47. The van der Waals surface area contributed by atoms with Gasteiger partial charge in [-0.3, -0.25) is 4.79 Å². The maximum atomic E-state index is 12.1. The number of nitrogens with one attached hydrogen (secondary N) is 1. The first kappa shape index (κ1) is 16.3. The molecule has 0 unspecified atom stereocenters. The molecule has 0 saturated carbocycles. The quantitative estimate of drug-likeness (QED) is 0.822. The number of carbonyl (C=O) groups excluding carboxylic acids is 2. The molecule has 5 heteroatoms. The van der Waals surface area contributed by atoms with E-state index < -0.39 is 11.9 Å². The predicted octanol–water partition coefficient (Wildman–Crippen LogP) is 1.61. The monoisotopic (exact) mass is 310 g/mol. The van der Waals surface area contributed by atoms with Crippen molar-refractivity contribution in [2.75, 3.05) is 6.61 Å². The number of carboxylic acid groups (broad SMARTS) is 1. The Morgan fingerprint density at radius 2 is 1.74 bits per heavy atom. The summed E-state index contributed by atoms with van der Waals surface area (Å²) in [4.78, 5) is 23.4. The summed E-state index contributed by atoms with van der Waals surface area (Å²) in [5, 5.41) is 13.7. The normalized spacial score (nSPS) is 10.9. The van der Waals surface area contributed by atoms with Crippen LogP contribution >= 0.6 is 0 Å². The Morgan fingerprint density at radius 3 is 2.39 bits per heavy atom. The van der Waals surface area contributed by atoms with Crippen LogP contribution in [0.1, 0.15) is 22.8 Å². The molecule has 0 heterocycles. The first-order valence-corrected chi connectivity index (χ1v) is 7.13. The zero-order valence-corrected chi connectivity index (χ0v) is 12.6. The van der Waals surface area contributed by atoms with Crippen LogP contribution in [0.15, 0.2) is 60.3 Å². The Balaban J connectivity index is 2.28. The van der Waals surface area contributed by atoms with Crippen LogP contribution in [0.5, 0.6) is 5.75 Å². The van der Waals surface area contributed by atoms with Crippen LogP contribution in [0, 0.1) is 0 Å². The Kier molecular flexibility index (Phi) is 5.52. The van der Waals surface area contributed by atoms with E-state index in [1.807, 2.05) is 6.92 Å². The number of benzene rings is 2. The molecule has 0 aliphatic rings. The lowest BCUT2D eigenvalue weighted by Gasteiger charge is -2.13. The summed E-state index contributed by atoms with van der Waals surface area (Å²) in [5.74, 6) is -1.46. The van der Waals surface area contributed by atoms with Crippen LogP contribution in [0.2, 0.25) is 0 Å². The van der Waals surface area contributed by atoms with E-state index in [1.165, 1.54) is 6.08 Å². The number of rotatable bonds is 6. The fraction of sp³-hybridized carbons (Fsp3) is 0.111. The third kappa shape index (κ3) is 4.44. The maximum absolute atomic E-state index is 12.1. The van der Waals surface area contributed by atoms with E-state index >= 15 is 0 Å². The fourth-order valence-corrected chi connectivity index (χ4v) is 1.97. The Labute approximate surface area is 134 Å². The molecule has 0 spiro atoms. The van der Waals surface area contributed by atoms with Gasteiger partial charge >= 0.3 is 0 Å². The molecule has 23 heavy (non-hydrogen) atoms. The first-order valence-electron chi connectivity index (χ1n) is 7.13. The molecule has 0 aliphatic heterocycles. The van der Waals surface area contributed by atoms with Crippen LogP contribution in [0.3, 0.4) is 0 Å². The zero-order valence-electron chi connectivity index (χ0n) is 12.6. The standard InChI is InChI=1S/C18H17NO4/c1-2-23-16-11-7-6-10-14(16)12-15(18(21)22)19-17(20)13-8-4-3-5-9-13/h3-12H,2H2,1H3,(H,19,20)(H,21,22)/p-1. The van der Waals surface area contributed by atoms with Gasteiger partial charge in [-0.05, 0) is 31.2 Å². The lowest BCUT2D eigenvalue weighted by Crippen LogP contribution is -2.35. The average molecular weight is 310 g/mol. The van der Waals surface area contributed by atoms with Crippen molar-refractivity contribution in [1.29, 1.82) is 0 Å². The van der Waals surface area contributed by atoms with Crippen molar-refractivity contribution in [1.82, 2.24) is 5.32 Å². The highest BCUT2D eigenvalue weighted by atomic mass is 16.5. The second kappa shape index (κ2) is 7.79. The molecule has 0 radical (unpaired) electrons. The number of aliphatic carboxylic acids is 1. The van der Waals surface area contributed by atoms with Crippen molar-refractivity contribution in [2.24, 2.45) is 0 Å². The largest absolute Gasteiger partial charge is 0.543 e. The summed E-state index contributed by atoms with van der Waals surface area (Å²) in [5.41, 5.74) is 0.575. The molecule has 0 atom stereocenters. The lowest BCUT2D eigenvalue weighted by atomic mass is 10.1. The summed E-state index contributed by atoms with van der Waals surface area (Å²) in [6, 6.07) is 15.3. The number of carboxylic acids is 1. The van der Waals surface area contributed by atoms with E-state index in [4.69, 9.17) is 4.74 Å². The molecule has 0 aromatic heterocycles. The molecular formula is C18H16NO4-. The third-order valence-corrected chi connectivity index (χ3v) is 3.02. The number of para-hydroxylation sites is 1. The van der Waals surface area contributed by atoms with Crippen molar-refractivity contribution in [3.8, 4) is 5.75 Å². The van der Waals surface area contributed by atoms with E-state index in [0.29, 0.717) is 23.5 Å². The molecular weight excluding hydrogens is 294 g/mol. The van der Waals surface area contributed by atoms with Crippen molar-refractivity contribution in [3.63, 3.8) is 0 Å². The van der Waals surface area contributed by atoms with Crippen LogP contribution in [-0.4, -0.2) is 18.5 Å². The highest BCUT2D eigenvalue weighted by Crippen LogP contribution is 2.20. The van der Waals surface area contributed by atoms with Gasteiger partial charge in [0.25, 0.3) is 5.91 Å². The van der Waals surface area contributed by atoms with Gasteiger partial charge in [0.15, 0.2) is 0 Å². The van der Waals surface area contributed by atoms with Gasteiger partial charge in [0.05, 0.1) is 18.3 Å². The van der Waals surface area contributed by atoms with Gasteiger partial charge in [-0.25, -0.2) is 0 Å². The van der Waals surface area contributed by atoms with E-state index in [1.54, 1.807) is 54.6 Å². The van der Waals surface area contributed by atoms with Crippen molar-refractivity contribution < 1.29 is 19.4 Å². The van der Waals surface area contributed by atoms with Crippen molar-refractivity contribution >= 4 is 18.0 Å². The van der Waals surface area contributed by atoms with E-state index in [2.05, 4.69) is 5.32 Å². The summed E-state index contributed by atoms with van der Waals surface area (Å²) >= 11 is 0. The Morgan fingerprint density at radius 1 is 1.09 bits per heavy atom. The smallest absolute Gasteiger partial charge is 0.255 e. The molecule has 2 aromatic rings. The lowest BCUT2D eigenvalue weighted by molar-refractivity contribution is -0.299. The van der Waals surface area contributed by atoms with Gasteiger partial charge in [-0.15, -0.1) is 0 Å². The van der Waals surface area contributed by atoms with E-state index in [0.717, 1.165) is 0 Å². The average Bonchev–Trinajstić information content (AvgIpc) is 2.56. The van der Waals surface area contributed by atoms with Crippen molar-refractivity contribution in [2.45, 2.75) is 6.92 Å². The van der Waals surface area contributed by atoms with Gasteiger partial charge in [0.2, 0.25) is 0 Å². The van der Waals surface area contributed by atoms with Gasteiger partial charge in [0.1, 0.15) is 5.75 Å².